The van der Waals surface area contributed by atoms with Gasteiger partial charge in [-0.1, -0.05) is 30.3 Å². The predicted molar refractivity (Wildman–Crippen MR) is 101 cm³/mol. The van der Waals surface area contributed by atoms with E-state index in [0.29, 0.717) is 32.7 Å². The van der Waals surface area contributed by atoms with E-state index in [9.17, 15) is 14.4 Å². The molecule has 6 heteroatoms. The Hall–Kier alpha value is -2.37. The molecule has 144 valence electrons. The van der Waals surface area contributed by atoms with Crippen LogP contribution >= 0.6 is 0 Å². The molecule has 1 aromatic rings. The number of nitrogens with zero attached hydrogens (tertiary/aromatic N) is 3. The molecule has 1 aliphatic carbocycles. The van der Waals surface area contributed by atoms with Gasteiger partial charge in [-0.3, -0.25) is 14.4 Å². The summed E-state index contributed by atoms with van der Waals surface area (Å²) in [6.45, 7) is 4.89. The Bertz CT molecular complexity index is 723. The van der Waals surface area contributed by atoms with Gasteiger partial charge in [0.15, 0.2) is 0 Å². The lowest BCUT2D eigenvalue weighted by Gasteiger charge is -2.36. The number of likely N-dealkylation sites (tertiary alicyclic amines) is 1. The van der Waals surface area contributed by atoms with Crippen LogP contribution in [0.1, 0.15) is 37.8 Å². The summed E-state index contributed by atoms with van der Waals surface area (Å²) in [4.78, 5) is 43.1. The van der Waals surface area contributed by atoms with Crippen LogP contribution in [0, 0.1) is 11.8 Å². The van der Waals surface area contributed by atoms with Gasteiger partial charge in [0, 0.05) is 45.1 Å². The highest BCUT2D eigenvalue weighted by molar-refractivity contribution is 5.89. The summed E-state index contributed by atoms with van der Waals surface area (Å²) in [6.07, 6.45) is 2.31. The number of hydrogen-bond acceptors (Lipinski definition) is 3. The van der Waals surface area contributed by atoms with Crippen molar-refractivity contribution in [2.75, 3.05) is 32.7 Å². The number of piperazine rings is 1. The molecule has 0 unspecified atom stereocenters. The minimum atomic E-state index is -0.269. The van der Waals surface area contributed by atoms with Crippen molar-refractivity contribution in [2.24, 2.45) is 11.8 Å². The van der Waals surface area contributed by atoms with E-state index >= 15 is 0 Å². The van der Waals surface area contributed by atoms with Gasteiger partial charge in [0.2, 0.25) is 17.7 Å². The van der Waals surface area contributed by atoms with E-state index < -0.39 is 0 Å². The van der Waals surface area contributed by atoms with Crippen molar-refractivity contribution in [3.8, 4) is 0 Å². The van der Waals surface area contributed by atoms with Gasteiger partial charge in [-0.15, -0.1) is 0 Å². The zero-order valence-electron chi connectivity index (χ0n) is 15.8. The summed E-state index contributed by atoms with van der Waals surface area (Å²) in [5, 5.41) is 0. The summed E-state index contributed by atoms with van der Waals surface area (Å²) in [6, 6.07) is 9.91. The van der Waals surface area contributed by atoms with Crippen LogP contribution in [0.2, 0.25) is 0 Å². The average Bonchev–Trinajstić information content (AvgIpc) is 3.49. The summed E-state index contributed by atoms with van der Waals surface area (Å²) < 4.78 is 0. The summed E-state index contributed by atoms with van der Waals surface area (Å²) >= 11 is 0. The summed E-state index contributed by atoms with van der Waals surface area (Å²) in [5.41, 5.74) is 1.09. The Morgan fingerprint density at radius 3 is 2.04 bits per heavy atom. The topological polar surface area (TPSA) is 60.9 Å². The third kappa shape index (κ3) is 3.70. The van der Waals surface area contributed by atoms with Crippen LogP contribution in [0.5, 0.6) is 0 Å². The zero-order valence-corrected chi connectivity index (χ0v) is 15.8. The molecule has 2 aliphatic heterocycles. The second-order valence-corrected chi connectivity index (χ2v) is 7.96. The molecule has 2 saturated heterocycles. The Morgan fingerprint density at radius 1 is 0.926 bits per heavy atom. The van der Waals surface area contributed by atoms with Crippen molar-refractivity contribution in [3.05, 3.63) is 35.9 Å². The van der Waals surface area contributed by atoms with Gasteiger partial charge in [0.1, 0.15) is 0 Å². The fourth-order valence-corrected chi connectivity index (χ4v) is 4.18. The molecular weight excluding hydrogens is 342 g/mol. The molecule has 6 nitrogen and oxygen atoms in total. The van der Waals surface area contributed by atoms with Crippen molar-refractivity contribution in [3.63, 3.8) is 0 Å². The number of hydrogen-bond donors (Lipinski definition) is 0. The smallest absolute Gasteiger partial charge is 0.228 e. The van der Waals surface area contributed by atoms with Gasteiger partial charge in [-0.25, -0.2) is 0 Å². The first-order chi connectivity index (χ1) is 13.0. The highest BCUT2D eigenvalue weighted by atomic mass is 16.2. The molecule has 2 heterocycles. The predicted octanol–water partition coefficient (Wildman–Crippen LogP) is 1.68. The van der Waals surface area contributed by atoms with Crippen LogP contribution in [0.25, 0.3) is 0 Å². The van der Waals surface area contributed by atoms with Crippen molar-refractivity contribution in [1.82, 2.24) is 14.7 Å². The fraction of sp³-hybridized carbons (Fsp3) is 0.571. The molecule has 0 bridgehead atoms. The highest BCUT2D eigenvalue weighted by Crippen LogP contribution is 2.32. The molecule has 3 aliphatic rings. The highest BCUT2D eigenvalue weighted by Gasteiger charge is 2.40. The lowest BCUT2D eigenvalue weighted by molar-refractivity contribution is -0.142. The molecule has 0 aromatic heterocycles. The van der Waals surface area contributed by atoms with Crippen molar-refractivity contribution in [2.45, 2.75) is 32.2 Å². The van der Waals surface area contributed by atoms with Crippen molar-refractivity contribution in [1.29, 1.82) is 0 Å². The largest absolute Gasteiger partial charge is 0.339 e. The molecule has 1 saturated carbocycles. The van der Waals surface area contributed by atoms with Crippen LogP contribution in [-0.4, -0.2) is 65.1 Å². The van der Waals surface area contributed by atoms with Crippen LogP contribution in [0.4, 0.5) is 0 Å². The maximum atomic E-state index is 12.9. The van der Waals surface area contributed by atoms with Gasteiger partial charge in [0.25, 0.3) is 0 Å². The molecule has 0 spiro atoms. The van der Waals surface area contributed by atoms with Crippen LogP contribution in [-0.2, 0) is 14.4 Å². The Kier molecular flexibility index (Phi) is 4.89. The van der Waals surface area contributed by atoms with Gasteiger partial charge < -0.3 is 14.7 Å². The monoisotopic (exact) mass is 369 g/mol. The molecule has 1 aromatic carbocycles. The van der Waals surface area contributed by atoms with E-state index in [0.717, 1.165) is 18.4 Å². The molecule has 27 heavy (non-hydrogen) atoms. The number of carbonyl (C=O) groups is 3. The maximum absolute atomic E-state index is 12.9. The van der Waals surface area contributed by atoms with Crippen LogP contribution in [0.3, 0.4) is 0 Å². The second-order valence-electron chi connectivity index (χ2n) is 7.96. The van der Waals surface area contributed by atoms with Gasteiger partial charge in [0.05, 0.1) is 12.0 Å². The first-order valence-electron chi connectivity index (χ1n) is 9.96. The number of carbonyl (C=O) groups excluding carboxylic acids is 3. The minimum Gasteiger partial charge on any atom is -0.339 e. The van der Waals surface area contributed by atoms with Gasteiger partial charge in [-0.05, 0) is 25.3 Å². The standard InChI is InChI=1S/C21H27N3O3/c1-15(16-5-3-2-4-6-16)24-14-18(13-19(24)25)21(27)23-11-9-22(10-12-23)20(26)17-7-8-17/h2-6,15,17-18H,7-14H2,1H3/t15-,18-/m0/s1. The van der Waals surface area contributed by atoms with Crippen molar-refractivity contribution < 1.29 is 14.4 Å². The van der Waals surface area contributed by atoms with E-state index in [1.165, 1.54) is 0 Å². The van der Waals surface area contributed by atoms with Gasteiger partial charge in [-0.2, -0.15) is 0 Å². The van der Waals surface area contributed by atoms with Crippen LogP contribution < -0.4 is 0 Å². The summed E-state index contributed by atoms with van der Waals surface area (Å²) in [5.74, 6) is 0.319. The number of rotatable bonds is 4. The molecule has 0 N–H and O–H groups in total. The Labute approximate surface area is 160 Å². The summed E-state index contributed by atoms with van der Waals surface area (Å²) in [7, 11) is 0. The Balaban J connectivity index is 1.33. The first kappa shape index (κ1) is 18.0. The fourth-order valence-electron chi connectivity index (χ4n) is 4.18. The minimum absolute atomic E-state index is 0.0236. The average molecular weight is 369 g/mol. The molecule has 3 amide bonds. The van der Waals surface area contributed by atoms with E-state index in [1.807, 2.05) is 52.0 Å². The Morgan fingerprint density at radius 2 is 1.48 bits per heavy atom. The normalized spacial score (nSPS) is 24.3. The van der Waals surface area contributed by atoms with E-state index in [-0.39, 0.29) is 42.0 Å². The van der Waals surface area contributed by atoms with E-state index in [1.54, 1.807) is 0 Å². The molecular formula is C21H27N3O3. The first-order valence-corrected chi connectivity index (χ1v) is 9.96. The number of benzene rings is 1. The quantitative estimate of drug-likeness (QED) is 0.811. The molecule has 4 rings (SSSR count). The molecule has 2 atom stereocenters. The maximum Gasteiger partial charge on any atom is 0.228 e. The SMILES string of the molecule is C[C@@H](c1ccccc1)N1C[C@@H](C(=O)N2CCN(C(=O)C3CC3)CC2)CC1=O. The lowest BCUT2D eigenvalue weighted by atomic mass is 10.1. The van der Waals surface area contributed by atoms with Gasteiger partial charge >= 0.3 is 0 Å². The second kappa shape index (κ2) is 7.33. The van der Waals surface area contributed by atoms with E-state index in [4.69, 9.17) is 0 Å². The van der Waals surface area contributed by atoms with E-state index in [2.05, 4.69) is 0 Å². The zero-order chi connectivity index (χ0) is 19.0. The molecule has 3 fully saturated rings. The third-order valence-electron chi connectivity index (χ3n) is 6.09. The molecule has 0 radical (unpaired) electrons. The van der Waals surface area contributed by atoms with Crippen LogP contribution in [0.15, 0.2) is 30.3 Å². The lowest BCUT2D eigenvalue weighted by Crippen LogP contribution is -2.52. The third-order valence-corrected chi connectivity index (χ3v) is 6.09. The van der Waals surface area contributed by atoms with Crippen molar-refractivity contribution >= 4 is 17.7 Å². The number of amides is 3.